The van der Waals surface area contributed by atoms with Gasteiger partial charge in [-0.3, -0.25) is 4.79 Å². The van der Waals surface area contributed by atoms with Crippen LogP contribution >= 0.6 is 0 Å². The van der Waals surface area contributed by atoms with Crippen molar-refractivity contribution in [2.24, 2.45) is 0 Å². The Bertz CT molecular complexity index is 228. The highest BCUT2D eigenvalue weighted by Crippen LogP contribution is 2.12. The number of unbranched alkanes of at least 4 members (excludes halogenated alkanes) is 1. The maximum atomic E-state index is 11.5. The molecule has 0 aliphatic carbocycles. The summed E-state index contributed by atoms with van der Waals surface area (Å²) in [6.45, 7) is 2.57. The first kappa shape index (κ1) is 12.0. The molecule has 15 heavy (non-hydrogen) atoms. The molecule has 0 radical (unpaired) electrons. The molecule has 1 heterocycles. The number of hydroxylamine groups is 2. The SMILES string of the molecule is CCCCC(=O)ON1CCCCCC1=O. The molecule has 0 saturated carbocycles. The minimum atomic E-state index is -0.285. The summed E-state index contributed by atoms with van der Waals surface area (Å²) in [6, 6.07) is 0. The van der Waals surface area contributed by atoms with E-state index in [0.29, 0.717) is 19.4 Å². The van der Waals surface area contributed by atoms with Crippen molar-refractivity contribution in [1.82, 2.24) is 5.06 Å². The summed E-state index contributed by atoms with van der Waals surface area (Å²) in [5, 5.41) is 1.24. The number of nitrogens with zero attached hydrogens (tertiary/aromatic N) is 1. The molecular weight excluding hydrogens is 194 g/mol. The van der Waals surface area contributed by atoms with Gasteiger partial charge < -0.3 is 4.84 Å². The van der Waals surface area contributed by atoms with Crippen molar-refractivity contribution in [2.75, 3.05) is 6.54 Å². The quantitative estimate of drug-likeness (QED) is 0.718. The lowest BCUT2D eigenvalue weighted by Gasteiger charge is -2.18. The molecule has 0 aromatic carbocycles. The first-order chi connectivity index (χ1) is 7.24. The zero-order valence-corrected chi connectivity index (χ0v) is 9.33. The fourth-order valence-electron chi connectivity index (χ4n) is 1.54. The number of rotatable bonds is 4. The number of hydrogen-bond acceptors (Lipinski definition) is 3. The van der Waals surface area contributed by atoms with Gasteiger partial charge in [-0.15, -0.1) is 0 Å². The molecule has 0 atom stereocenters. The molecule has 1 aliphatic rings. The van der Waals surface area contributed by atoms with Gasteiger partial charge in [0, 0.05) is 12.8 Å². The second-order valence-corrected chi connectivity index (χ2v) is 3.87. The van der Waals surface area contributed by atoms with Gasteiger partial charge >= 0.3 is 5.97 Å². The summed E-state index contributed by atoms with van der Waals surface area (Å²) >= 11 is 0. The van der Waals surface area contributed by atoms with Crippen LogP contribution in [-0.2, 0) is 14.4 Å². The maximum absolute atomic E-state index is 11.5. The van der Waals surface area contributed by atoms with E-state index in [2.05, 4.69) is 0 Å². The van der Waals surface area contributed by atoms with Gasteiger partial charge in [-0.1, -0.05) is 19.8 Å². The van der Waals surface area contributed by atoms with Gasteiger partial charge in [0.25, 0.3) is 5.91 Å². The van der Waals surface area contributed by atoms with Crippen LogP contribution in [0.2, 0.25) is 0 Å². The zero-order valence-electron chi connectivity index (χ0n) is 9.33. The molecule has 1 rings (SSSR count). The lowest BCUT2D eigenvalue weighted by atomic mass is 10.2. The van der Waals surface area contributed by atoms with Crippen molar-refractivity contribution in [3.63, 3.8) is 0 Å². The molecular formula is C11H19NO3. The van der Waals surface area contributed by atoms with Crippen LogP contribution in [0.5, 0.6) is 0 Å². The van der Waals surface area contributed by atoms with Gasteiger partial charge in [-0.2, -0.15) is 5.06 Å². The van der Waals surface area contributed by atoms with Gasteiger partial charge in [0.15, 0.2) is 0 Å². The minimum Gasteiger partial charge on any atom is -0.338 e. The molecule has 0 aromatic heterocycles. The first-order valence-corrected chi connectivity index (χ1v) is 5.75. The van der Waals surface area contributed by atoms with E-state index in [1.165, 1.54) is 5.06 Å². The van der Waals surface area contributed by atoms with E-state index in [1.807, 2.05) is 6.92 Å². The van der Waals surface area contributed by atoms with E-state index in [0.717, 1.165) is 32.1 Å². The Labute approximate surface area is 90.5 Å². The average Bonchev–Trinajstić information content (AvgIpc) is 2.42. The highest BCUT2D eigenvalue weighted by molar-refractivity contribution is 5.78. The zero-order chi connectivity index (χ0) is 11.1. The van der Waals surface area contributed by atoms with Crippen LogP contribution in [-0.4, -0.2) is 23.5 Å². The predicted octanol–water partition coefficient (Wildman–Crippen LogP) is 2.04. The molecule has 86 valence electrons. The van der Waals surface area contributed by atoms with Crippen LogP contribution in [0.25, 0.3) is 0 Å². The molecule has 4 heteroatoms. The maximum Gasteiger partial charge on any atom is 0.332 e. The Morgan fingerprint density at radius 2 is 2.20 bits per heavy atom. The van der Waals surface area contributed by atoms with E-state index in [9.17, 15) is 9.59 Å². The van der Waals surface area contributed by atoms with Gasteiger partial charge in [0.05, 0.1) is 6.54 Å². The topological polar surface area (TPSA) is 46.6 Å². The van der Waals surface area contributed by atoms with Crippen molar-refractivity contribution in [1.29, 1.82) is 0 Å². The van der Waals surface area contributed by atoms with Crippen LogP contribution in [0.1, 0.15) is 51.9 Å². The number of amides is 1. The number of carbonyl (C=O) groups is 2. The van der Waals surface area contributed by atoms with Crippen molar-refractivity contribution in [2.45, 2.75) is 51.9 Å². The molecule has 0 N–H and O–H groups in total. The summed E-state index contributed by atoms with van der Waals surface area (Å²) in [4.78, 5) is 27.8. The molecule has 1 fully saturated rings. The van der Waals surface area contributed by atoms with Crippen molar-refractivity contribution in [3.8, 4) is 0 Å². The van der Waals surface area contributed by atoms with Crippen LogP contribution < -0.4 is 0 Å². The average molecular weight is 213 g/mol. The second-order valence-electron chi connectivity index (χ2n) is 3.87. The Kier molecular flexibility index (Phi) is 5.15. The second kappa shape index (κ2) is 6.43. The Hall–Kier alpha value is -1.06. The third-order valence-corrected chi connectivity index (χ3v) is 2.48. The lowest BCUT2D eigenvalue weighted by molar-refractivity contribution is -0.197. The Morgan fingerprint density at radius 1 is 1.40 bits per heavy atom. The summed E-state index contributed by atoms with van der Waals surface area (Å²) in [5.41, 5.74) is 0. The number of hydrogen-bond donors (Lipinski definition) is 0. The lowest BCUT2D eigenvalue weighted by Crippen LogP contribution is -2.32. The molecule has 0 spiro atoms. The third-order valence-electron chi connectivity index (χ3n) is 2.48. The van der Waals surface area contributed by atoms with Gasteiger partial charge in [-0.25, -0.2) is 4.79 Å². The molecule has 0 unspecified atom stereocenters. The highest BCUT2D eigenvalue weighted by atomic mass is 16.7. The van der Waals surface area contributed by atoms with Gasteiger partial charge in [0.1, 0.15) is 0 Å². The van der Waals surface area contributed by atoms with E-state index in [4.69, 9.17) is 4.84 Å². The van der Waals surface area contributed by atoms with E-state index in [-0.39, 0.29) is 11.9 Å². The van der Waals surface area contributed by atoms with Crippen LogP contribution in [0.3, 0.4) is 0 Å². The van der Waals surface area contributed by atoms with Crippen LogP contribution in [0.4, 0.5) is 0 Å². The number of carbonyl (C=O) groups excluding carboxylic acids is 2. The van der Waals surface area contributed by atoms with E-state index >= 15 is 0 Å². The molecule has 1 saturated heterocycles. The Balaban J connectivity index is 2.34. The summed E-state index contributed by atoms with van der Waals surface area (Å²) in [7, 11) is 0. The molecule has 0 bridgehead atoms. The standard InChI is InChI=1S/C11H19NO3/c1-2-3-8-11(14)15-12-9-6-4-5-7-10(12)13/h2-9H2,1H3. The third kappa shape index (κ3) is 4.32. The van der Waals surface area contributed by atoms with E-state index in [1.54, 1.807) is 0 Å². The normalized spacial score (nSPS) is 17.4. The summed E-state index contributed by atoms with van der Waals surface area (Å²) < 4.78 is 0. The largest absolute Gasteiger partial charge is 0.338 e. The molecule has 4 nitrogen and oxygen atoms in total. The molecule has 1 amide bonds. The van der Waals surface area contributed by atoms with E-state index < -0.39 is 0 Å². The predicted molar refractivity (Wildman–Crippen MR) is 55.8 cm³/mol. The summed E-state index contributed by atoms with van der Waals surface area (Å²) in [5.74, 6) is -0.343. The van der Waals surface area contributed by atoms with Crippen LogP contribution in [0, 0.1) is 0 Å². The van der Waals surface area contributed by atoms with Crippen LogP contribution in [0.15, 0.2) is 0 Å². The van der Waals surface area contributed by atoms with Crippen molar-refractivity contribution >= 4 is 11.9 Å². The van der Waals surface area contributed by atoms with Gasteiger partial charge in [0.2, 0.25) is 0 Å². The molecule has 0 aromatic rings. The van der Waals surface area contributed by atoms with Crippen molar-refractivity contribution in [3.05, 3.63) is 0 Å². The summed E-state index contributed by atoms with van der Waals surface area (Å²) in [6.07, 6.45) is 5.55. The fourth-order valence-corrected chi connectivity index (χ4v) is 1.54. The van der Waals surface area contributed by atoms with Crippen molar-refractivity contribution < 1.29 is 14.4 Å². The Morgan fingerprint density at radius 3 is 2.93 bits per heavy atom. The fraction of sp³-hybridized carbons (Fsp3) is 0.818. The monoisotopic (exact) mass is 213 g/mol. The van der Waals surface area contributed by atoms with Gasteiger partial charge in [-0.05, 0) is 19.3 Å². The smallest absolute Gasteiger partial charge is 0.332 e. The minimum absolute atomic E-state index is 0.0580. The first-order valence-electron chi connectivity index (χ1n) is 5.75. The molecule has 1 aliphatic heterocycles. The highest BCUT2D eigenvalue weighted by Gasteiger charge is 2.20.